The molecular weight excluding hydrogens is 529 g/mol. The Morgan fingerprint density at radius 3 is 2.17 bits per heavy atom. The zero-order valence-corrected chi connectivity index (χ0v) is 22.7. The molecule has 3 aromatic carbocycles. The normalized spacial score (nSPS) is 13.2. The van der Waals surface area contributed by atoms with Crippen LogP contribution in [-0.2, 0) is 11.2 Å². The highest BCUT2D eigenvalue weighted by molar-refractivity contribution is 6.30. The Kier molecular flexibility index (Phi) is 8.66. The summed E-state index contributed by atoms with van der Waals surface area (Å²) in [6, 6.07) is 26.5. The molecule has 0 unspecified atom stereocenters. The standard InChI is InChI=1S/C31H29ClFN5O2/c32-26-10-6-25(7-11-26)31(40)38(17-16-23-4-2-1-3-5-23)22-30(39)37-20-18-36(19-21-37)29-15-14-28(34-35-29)24-8-12-27(33)13-9-24/h1-15H,16-22H2. The number of anilines is 1. The second-order valence-corrected chi connectivity index (χ2v) is 10.1. The number of rotatable bonds is 8. The molecule has 40 heavy (non-hydrogen) atoms. The molecule has 0 saturated carbocycles. The number of hydrogen-bond donors (Lipinski definition) is 0. The van der Waals surface area contributed by atoms with Gasteiger partial charge in [0.05, 0.1) is 5.69 Å². The van der Waals surface area contributed by atoms with Gasteiger partial charge in [-0.3, -0.25) is 9.59 Å². The number of benzene rings is 3. The maximum atomic E-state index is 13.3. The van der Waals surface area contributed by atoms with Crippen LogP contribution in [0.4, 0.5) is 10.2 Å². The van der Waals surface area contributed by atoms with Gasteiger partial charge >= 0.3 is 0 Å². The molecule has 9 heteroatoms. The summed E-state index contributed by atoms with van der Waals surface area (Å²) in [5, 5.41) is 9.20. The summed E-state index contributed by atoms with van der Waals surface area (Å²) in [7, 11) is 0. The lowest BCUT2D eigenvalue weighted by atomic mass is 10.1. The number of piperazine rings is 1. The van der Waals surface area contributed by atoms with Crippen LogP contribution < -0.4 is 4.90 Å². The largest absolute Gasteiger partial charge is 0.352 e. The third kappa shape index (κ3) is 6.82. The molecule has 1 fully saturated rings. The first kappa shape index (κ1) is 27.3. The highest BCUT2D eigenvalue weighted by atomic mass is 35.5. The molecule has 0 bridgehead atoms. The first-order chi connectivity index (χ1) is 19.5. The second-order valence-electron chi connectivity index (χ2n) is 9.62. The number of carbonyl (C=O) groups excluding carboxylic acids is 2. The number of carbonyl (C=O) groups is 2. The van der Waals surface area contributed by atoms with Crippen LogP contribution in [0.1, 0.15) is 15.9 Å². The average molecular weight is 558 g/mol. The lowest BCUT2D eigenvalue weighted by Gasteiger charge is -2.36. The molecule has 204 valence electrons. The van der Waals surface area contributed by atoms with Gasteiger partial charge in [-0.05, 0) is 72.6 Å². The Hall–Kier alpha value is -4.30. The molecule has 4 aromatic rings. The SMILES string of the molecule is O=C(CN(CCc1ccccc1)C(=O)c1ccc(Cl)cc1)N1CCN(c2ccc(-c3ccc(F)cc3)nn2)CC1. The van der Waals surface area contributed by atoms with Crippen LogP contribution in [-0.4, -0.2) is 71.1 Å². The number of aromatic nitrogens is 2. The third-order valence-corrected chi connectivity index (χ3v) is 7.22. The molecule has 7 nitrogen and oxygen atoms in total. The number of nitrogens with zero attached hydrogens (tertiary/aromatic N) is 5. The lowest BCUT2D eigenvalue weighted by molar-refractivity contribution is -0.132. The predicted molar refractivity (Wildman–Crippen MR) is 154 cm³/mol. The summed E-state index contributed by atoms with van der Waals surface area (Å²) >= 11 is 6.01. The zero-order valence-electron chi connectivity index (χ0n) is 21.9. The van der Waals surface area contributed by atoms with E-state index in [1.807, 2.05) is 42.5 Å². The van der Waals surface area contributed by atoms with Gasteiger partial charge in [-0.25, -0.2) is 4.39 Å². The lowest BCUT2D eigenvalue weighted by Crippen LogP contribution is -2.52. The number of hydrogen-bond acceptors (Lipinski definition) is 5. The number of amides is 2. The molecule has 0 aliphatic carbocycles. The van der Waals surface area contributed by atoms with E-state index >= 15 is 0 Å². The second kappa shape index (κ2) is 12.7. The summed E-state index contributed by atoms with van der Waals surface area (Å²) in [5.41, 5.74) is 3.06. The van der Waals surface area contributed by atoms with Crippen molar-refractivity contribution in [2.75, 3.05) is 44.2 Å². The Labute approximate surface area is 237 Å². The smallest absolute Gasteiger partial charge is 0.254 e. The van der Waals surface area contributed by atoms with Crippen LogP contribution in [0.25, 0.3) is 11.3 Å². The molecule has 0 radical (unpaired) electrons. The first-order valence-corrected chi connectivity index (χ1v) is 13.6. The number of halogens is 2. The van der Waals surface area contributed by atoms with Crippen molar-refractivity contribution < 1.29 is 14.0 Å². The van der Waals surface area contributed by atoms with Crippen LogP contribution in [0.5, 0.6) is 0 Å². The average Bonchev–Trinajstić information content (AvgIpc) is 3.00. The van der Waals surface area contributed by atoms with Gasteiger partial charge in [0.2, 0.25) is 5.91 Å². The molecule has 1 saturated heterocycles. The van der Waals surface area contributed by atoms with Crippen LogP contribution in [0, 0.1) is 5.82 Å². The monoisotopic (exact) mass is 557 g/mol. The van der Waals surface area contributed by atoms with Gasteiger partial charge in [-0.1, -0.05) is 41.9 Å². The van der Waals surface area contributed by atoms with Crippen molar-refractivity contribution in [2.45, 2.75) is 6.42 Å². The van der Waals surface area contributed by atoms with Gasteiger partial charge in [0, 0.05) is 48.9 Å². The van der Waals surface area contributed by atoms with Crippen LogP contribution in [0.15, 0.2) is 91.0 Å². The fraction of sp³-hybridized carbons (Fsp3) is 0.226. The minimum Gasteiger partial charge on any atom is -0.352 e. The molecular formula is C31H29ClFN5O2. The Morgan fingerprint density at radius 1 is 0.825 bits per heavy atom. The minimum atomic E-state index is -0.297. The van der Waals surface area contributed by atoms with E-state index in [9.17, 15) is 14.0 Å². The summed E-state index contributed by atoms with van der Waals surface area (Å²) in [6.07, 6.45) is 0.647. The van der Waals surface area contributed by atoms with Crippen LogP contribution in [0.3, 0.4) is 0 Å². The maximum Gasteiger partial charge on any atom is 0.254 e. The first-order valence-electron chi connectivity index (χ1n) is 13.2. The van der Waals surface area contributed by atoms with Crippen LogP contribution >= 0.6 is 11.6 Å². The van der Waals surface area contributed by atoms with E-state index < -0.39 is 0 Å². The van der Waals surface area contributed by atoms with Crippen molar-refractivity contribution in [1.29, 1.82) is 0 Å². The fourth-order valence-electron chi connectivity index (χ4n) is 4.65. The topological polar surface area (TPSA) is 69.6 Å². The summed E-state index contributed by atoms with van der Waals surface area (Å²) in [6.45, 7) is 2.66. The molecule has 0 spiro atoms. The van der Waals surface area contributed by atoms with Gasteiger partial charge in [-0.15, -0.1) is 10.2 Å². The van der Waals surface area contributed by atoms with Crippen molar-refractivity contribution in [1.82, 2.24) is 20.0 Å². The molecule has 0 atom stereocenters. The Morgan fingerprint density at radius 2 is 1.52 bits per heavy atom. The van der Waals surface area contributed by atoms with Crippen molar-refractivity contribution in [3.63, 3.8) is 0 Å². The fourth-order valence-corrected chi connectivity index (χ4v) is 4.78. The molecule has 1 aromatic heterocycles. The van der Waals surface area contributed by atoms with E-state index in [1.54, 1.807) is 46.2 Å². The minimum absolute atomic E-state index is 0.000462. The van der Waals surface area contributed by atoms with Gasteiger partial charge in [0.15, 0.2) is 5.82 Å². The van der Waals surface area contributed by atoms with Gasteiger partial charge in [-0.2, -0.15) is 0 Å². The van der Waals surface area contributed by atoms with E-state index in [4.69, 9.17) is 11.6 Å². The van der Waals surface area contributed by atoms with E-state index in [-0.39, 0.29) is 24.2 Å². The van der Waals surface area contributed by atoms with E-state index in [2.05, 4.69) is 15.1 Å². The molecule has 1 aliphatic heterocycles. The van der Waals surface area contributed by atoms with E-state index in [1.165, 1.54) is 12.1 Å². The van der Waals surface area contributed by atoms with Crippen molar-refractivity contribution in [3.8, 4) is 11.3 Å². The molecule has 0 N–H and O–H groups in total. The summed E-state index contributed by atoms with van der Waals surface area (Å²) in [5.74, 6) is 0.138. The van der Waals surface area contributed by atoms with Crippen molar-refractivity contribution >= 4 is 29.2 Å². The van der Waals surface area contributed by atoms with Crippen molar-refractivity contribution in [3.05, 3.63) is 113 Å². The maximum absolute atomic E-state index is 13.3. The van der Waals surface area contributed by atoms with Crippen LogP contribution in [0.2, 0.25) is 5.02 Å². The predicted octanol–water partition coefficient (Wildman–Crippen LogP) is 4.97. The molecule has 2 heterocycles. The summed E-state index contributed by atoms with van der Waals surface area (Å²) < 4.78 is 13.2. The van der Waals surface area contributed by atoms with Gasteiger partial charge in [0.25, 0.3) is 5.91 Å². The van der Waals surface area contributed by atoms with Crippen molar-refractivity contribution in [2.24, 2.45) is 0 Å². The Bertz CT molecular complexity index is 1430. The third-order valence-electron chi connectivity index (χ3n) is 6.96. The zero-order chi connectivity index (χ0) is 27.9. The van der Waals surface area contributed by atoms with Gasteiger partial charge < -0.3 is 14.7 Å². The van der Waals surface area contributed by atoms with Gasteiger partial charge in [0.1, 0.15) is 12.4 Å². The summed E-state index contributed by atoms with van der Waals surface area (Å²) in [4.78, 5) is 32.2. The highest BCUT2D eigenvalue weighted by Crippen LogP contribution is 2.20. The van der Waals surface area contributed by atoms with E-state index in [0.717, 1.165) is 16.9 Å². The highest BCUT2D eigenvalue weighted by Gasteiger charge is 2.26. The molecule has 5 rings (SSSR count). The molecule has 2 amide bonds. The Balaban J connectivity index is 1.20. The quantitative estimate of drug-likeness (QED) is 0.306. The molecule has 1 aliphatic rings. The van der Waals surface area contributed by atoms with E-state index in [0.29, 0.717) is 55.4 Å².